The van der Waals surface area contributed by atoms with Gasteiger partial charge in [0, 0.05) is 18.0 Å². The van der Waals surface area contributed by atoms with Crippen molar-refractivity contribution in [3.8, 4) is 0 Å². The first kappa shape index (κ1) is 11.0. The quantitative estimate of drug-likeness (QED) is 0.884. The standard InChI is InChI=1S/C11H13N3OS/c1-7(2)11(15)12-6-8-4-3-5-9-10(8)14-16-13-9/h3-5,7H,6H2,1-2H3,(H,12,15). The van der Waals surface area contributed by atoms with Crippen LogP contribution in [0.2, 0.25) is 0 Å². The third-order valence-corrected chi connectivity index (χ3v) is 2.89. The van der Waals surface area contributed by atoms with Gasteiger partial charge in [0.05, 0.1) is 11.7 Å². The molecule has 1 amide bonds. The van der Waals surface area contributed by atoms with E-state index in [0.717, 1.165) is 16.6 Å². The van der Waals surface area contributed by atoms with Crippen LogP contribution in [0.3, 0.4) is 0 Å². The highest BCUT2D eigenvalue weighted by Crippen LogP contribution is 2.16. The number of carbonyl (C=O) groups excluding carboxylic acids is 1. The van der Waals surface area contributed by atoms with E-state index in [0.29, 0.717) is 6.54 Å². The minimum absolute atomic E-state index is 0.00719. The lowest BCUT2D eigenvalue weighted by atomic mass is 10.1. The van der Waals surface area contributed by atoms with Crippen LogP contribution in [0.15, 0.2) is 18.2 Å². The van der Waals surface area contributed by atoms with E-state index in [1.807, 2.05) is 32.0 Å². The van der Waals surface area contributed by atoms with Gasteiger partial charge in [-0.15, -0.1) is 0 Å². The summed E-state index contributed by atoms with van der Waals surface area (Å²) in [7, 11) is 0. The minimum atomic E-state index is 0.00719. The summed E-state index contributed by atoms with van der Waals surface area (Å²) in [6, 6.07) is 5.82. The predicted octanol–water partition coefficient (Wildman–Crippen LogP) is 1.96. The summed E-state index contributed by atoms with van der Waals surface area (Å²) < 4.78 is 8.38. The van der Waals surface area contributed by atoms with Crippen molar-refractivity contribution in [1.29, 1.82) is 0 Å². The molecule has 0 saturated heterocycles. The van der Waals surface area contributed by atoms with Crippen molar-refractivity contribution in [1.82, 2.24) is 14.1 Å². The van der Waals surface area contributed by atoms with Crippen molar-refractivity contribution < 1.29 is 4.79 Å². The molecule has 1 aromatic heterocycles. The van der Waals surface area contributed by atoms with Gasteiger partial charge in [-0.05, 0) is 6.07 Å². The van der Waals surface area contributed by atoms with E-state index in [9.17, 15) is 4.79 Å². The number of rotatable bonds is 3. The van der Waals surface area contributed by atoms with Gasteiger partial charge in [0.25, 0.3) is 0 Å². The fraction of sp³-hybridized carbons (Fsp3) is 0.364. The van der Waals surface area contributed by atoms with Gasteiger partial charge in [0.1, 0.15) is 11.0 Å². The molecule has 0 fully saturated rings. The highest BCUT2D eigenvalue weighted by Gasteiger charge is 2.08. The van der Waals surface area contributed by atoms with E-state index in [1.165, 1.54) is 11.7 Å². The largest absolute Gasteiger partial charge is 0.352 e. The minimum Gasteiger partial charge on any atom is -0.352 e. The Hall–Kier alpha value is -1.49. The van der Waals surface area contributed by atoms with E-state index in [2.05, 4.69) is 14.1 Å². The number of fused-ring (bicyclic) bond motifs is 1. The van der Waals surface area contributed by atoms with Crippen LogP contribution in [0.1, 0.15) is 19.4 Å². The first-order valence-corrected chi connectivity index (χ1v) is 5.89. The van der Waals surface area contributed by atoms with Crippen LogP contribution in [0.25, 0.3) is 11.0 Å². The molecule has 0 bridgehead atoms. The Bertz CT molecular complexity index is 507. The summed E-state index contributed by atoms with van der Waals surface area (Å²) in [4.78, 5) is 11.4. The number of hydrogen-bond acceptors (Lipinski definition) is 4. The lowest BCUT2D eigenvalue weighted by molar-refractivity contribution is -0.124. The maximum atomic E-state index is 11.4. The molecule has 84 valence electrons. The number of carbonyl (C=O) groups is 1. The Morgan fingerprint density at radius 3 is 3.00 bits per heavy atom. The fourth-order valence-corrected chi connectivity index (χ4v) is 1.96. The predicted molar refractivity (Wildman–Crippen MR) is 64.1 cm³/mol. The Kier molecular flexibility index (Phi) is 3.14. The third-order valence-electron chi connectivity index (χ3n) is 2.35. The van der Waals surface area contributed by atoms with Crippen LogP contribution in [-0.4, -0.2) is 14.7 Å². The van der Waals surface area contributed by atoms with E-state index >= 15 is 0 Å². The van der Waals surface area contributed by atoms with Gasteiger partial charge in [0.2, 0.25) is 5.91 Å². The average molecular weight is 235 g/mol. The van der Waals surface area contributed by atoms with Crippen LogP contribution in [0.5, 0.6) is 0 Å². The second kappa shape index (κ2) is 4.57. The van der Waals surface area contributed by atoms with E-state index in [4.69, 9.17) is 0 Å². The maximum absolute atomic E-state index is 11.4. The molecule has 2 aromatic rings. The second-order valence-corrected chi connectivity index (χ2v) is 4.45. The topological polar surface area (TPSA) is 54.9 Å². The van der Waals surface area contributed by atoms with Crippen LogP contribution in [0, 0.1) is 5.92 Å². The summed E-state index contributed by atoms with van der Waals surface area (Å²) in [6.45, 7) is 4.26. The molecular weight excluding hydrogens is 222 g/mol. The molecule has 0 radical (unpaired) electrons. The van der Waals surface area contributed by atoms with Gasteiger partial charge in [-0.25, -0.2) is 0 Å². The first-order chi connectivity index (χ1) is 7.68. The number of nitrogens with zero attached hydrogens (tertiary/aromatic N) is 2. The molecule has 0 aliphatic heterocycles. The number of hydrogen-bond donors (Lipinski definition) is 1. The third kappa shape index (κ3) is 2.19. The van der Waals surface area contributed by atoms with Gasteiger partial charge in [0.15, 0.2) is 0 Å². The Morgan fingerprint density at radius 1 is 1.44 bits per heavy atom. The molecule has 0 saturated carbocycles. The van der Waals surface area contributed by atoms with Crippen LogP contribution >= 0.6 is 11.7 Å². The molecule has 4 nitrogen and oxygen atoms in total. The zero-order chi connectivity index (χ0) is 11.5. The molecule has 0 unspecified atom stereocenters. The zero-order valence-electron chi connectivity index (χ0n) is 9.23. The number of aromatic nitrogens is 2. The van der Waals surface area contributed by atoms with Crippen molar-refractivity contribution in [2.24, 2.45) is 5.92 Å². The Labute approximate surface area is 98.0 Å². The smallest absolute Gasteiger partial charge is 0.222 e. The molecule has 5 heteroatoms. The molecule has 0 aliphatic carbocycles. The van der Waals surface area contributed by atoms with Crippen LogP contribution in [-0.2, 0) is 11.3 Å². The monoisotopic (exact) mass is 235 g/mol. The Balaban J connectivity index is 2.15. The van der Waals surface area contributed by atoms with Crippen molar-refractivity contribution in [3.63, 3.8) is 0 Å². The summed E-state index contributed by atoms with van der Waals surface area (Å²) in [6.07, 6.45) is 0. The molecular formula is C11H13N3OS. The van der Waals surface area contributed by atoms with E-state index < -0.39 is 0 Å². The van der Waals surface area contributed by atoms with Gasteiger partial charge in [-0.1, -0.05) is 26.0 Å². The summed E-state index contributed by atoms with van der Waals surface area (Å²) >= 11 is 1.19. The lowest BCUT2D eigenvalue weighted by Crippen LogP contribution is -2.27. The average Bonchev–Trinajstić information content (AvgIpc) is 2.73. The molecule has 16 heavy (non-hydrogen) atoms. The van der Waals surface area contributed by atoms with Crippen molar-refractivity contribution in [2.75, 3.05) is 0 Å². The van der Waals surface area contributed by atoms with Gasteiger partial charge < -0.3 is 5.32 Å². The van der Waals surface area contributed by atoms with Gasteiger partial charge in [-0.2, -0.15) is 8.75 Å². The fourth-order valence-electron chi connectivity index (χ4n) is 1.39. The summed E-state index contributed by atoms with van der Waals surface area (Å²) in [5.41, 5.74) is 2.79. The molecule has 0 aliphatic rings. The number of amides is 1. The molecule has 2 rings (SSSR count). The van der Waals surface area contributed by atoms with Gasteiger partial charge >= 0.3 is 0 Å². The summed E-state index contributed by atoms with van der Waals surface area (Å²) in [5, 5.41) is 2.88. The van der Waals surface area contributed by atoms with Crippen molar-refractivity contribution in [3.05, 3.63) is 23.8 Å². The van der Waals surface area contributed by atoms with Crippen molar-refractivity contribution in [2.45, 2.75) is 20.4 Å². The molecule has 0 atom stereocenters. The maximum Gasteiger partial charge on any atom is 0.222 e. The molecule has 1 N–H and O–H groups in total. The summed E-state index contributed by atoms with van der Waals surface area (Å²) in [5.74, 6) is 0.0629. The first-order valence-electron chi connectivity index (χ1n) is 5.16. The molecule has 1 aromatic carbocycles. The number of nitrogens with one attached hydrogen (secondary N) is 1. The molecule has 1 heterocycles. The SMILES string of the molecule is CC(C)C(=O)NCc1cccc2nsnc12. The highest BCUT2D eigenvalue weighted by atomic mass is 32.1. The van der Waals surface area contributed by atoms with Crippen LogP contribution in [0.4, 0.5) is 0 Å². The number of benzene rings is 1. The van der Waals surface area contributed by atoms with E-state index in [-0.39, 0.29) is 11.8 Å². The zero-order valence-corrected chi connectivity index (χ0v) is 10.0. The Morgan fingerprint density at radius 2 is 2.25 bits per heavy atom. The van der Waals surface area contributed by atoms with Gasteiger partial charge in [-0.3, -0.25) is 4.79 Å². The highest BCUT2D eigenvalue weighted by molar-refractivity contribution is 7.00. The lowest BCUT2D eigenvalue weighted by Gasteiger charge is -2.07. The van der Waals surface area contributed by atoms with E-state index in [1.54, 1.807) is 0 Å². The van der Waals surface area contributed by atoms with Crippen LogP contribution < -0.4 is 5.32 Å². The molecule has 0 spiro atoms. The normalized spacial score (nSPS) is 10.9. The second-order valence-electron chi connectivity index (χ2n) is 3.92. The van der Waals surface area contributed by atoms with Crippen molar-refractivity contribution >= 4 is 28.7 Å².